The Balaban J connectivity index is 2.07. The Morgan fingerprint density at radius 3 is 2.67 bits per heavy atom. The number of halogens is 1. The van der Waals surface area contributed by atoms with E-state index in [-0.39, 0.29) is 6.03 Å². The maximum atomic E-state index is 11.5. The lowest BCUT2D eigenvalue weighted by atomic mass is 10.2. The van der Waals surface area contributed by atoms with Crippen LogP contribution in [0.1, 0.15) is 31.7 Å². The van der Waals surface area contributed by atoms with Crippen LogP contribution in [-0.2, 0) is 4.74 Å². The van der Waals surface area contributed by atoms with Gasteiger partial charge >= 0.3 is 6.03 Å². The summed E-state index contributed by atoms with van der Waals surface area (Å²) in [6, 6.07) is 7.65. The number of hydrogen-bond acceptors (Lipinski definition) is 2. The summed E-state index contributed by atoms with van der Waals surface area (Å²) in [4.78, 5) is 11.5. The van der Waals surface area contributed by atoms with Crippen molar-refractivity contribution in [2.24, 2.45) is 0 Å². The van der Waals surface area contributed by atoms with Crippen LogP contribution in [0.15, 0.2) is 34.9 Å². The van der Waals surface area contributed by atoms with Crippen molar-refractivity contribution in [1.29, 1.82) is 0 Å². The van der Waals surface area contributed by atoms with Gasteiger partial charge in [-0.1, -0.05) is 41.4 Å². The Hall–Kier alpha value is -1.33. The number of hydrogen-bond donors (Lipinski definition) is 2. The standard InChI is InChI=1S/C16H23BrN2O2/c1-2-3-12-21-13-4-10-18-16(20)19-11-9-14-5-7-15(17)8-6-14/h5-9,11H,2-4,10,12-13H2,1H3,(H2,18,19,20)/b11-9+. The molecule has 1 aromatic rings. The Morgan fingerprint density at radius 1 is 1.24 bits per heavy atom. The van der Waals surface area contributed by atoms with Crippen LogP contribution in [0.4, 0.5) is 4.79 Å². The number of urea groups is 1. The molecule has 0 atom stereocenters. The molecule has 5 heteroatoms. The SMILES string of the molecule is CCCCOCCCNC(=O)N/C=C/c1ccc(Br)cc1. The number of rotatable bonds is 9. The molecule has 0 fully saturated rings. The molecule has 0 bridgehead atoms. The van der Waals surface area contributed by atoms with E-state index in [0.717, 1.165) is 35.9 Å². The predicted octanol–water partition coefficient (Wildman–Crippen LogP) is 3.93. The number of nitrogens with one attached hydrogen (secondary N) is 2. The Bertz CT molecular complexity index is 432. The summed E-state index contributed by atoms with van der Waals surface area (Å²) < 4.78 is 6.45. The maximum absolute atomic E-state index is 11.5. The van der Waals surface area contributed by atoms with Gasteiger partial charge in [0.1, 0.15) is 0 Å². The Kier molecular flexibility index (Phi) is 9.57. The second-order valence-electron chi connectivity index (χ2n) is 4.60. The van der Waals surface area contributed by atoms with Crippen molar-refractivity contribution in [2.75, 3.05) is 19.8 Å². The van der Waals surface area contributed by atoms with E-state index >= 15 is 0 Å². The first kappa shape index (κ1) is 17.7. The summed E-state index contributed by atoms with van der Waals surface area (Å²) in [6.45, 7) is 4.24. The molecule has 0 spiro atoms. The molecule has 4 nitrogen and oxygen atoms in total. The van der Waals surface area contributed by atoms with Crippen LogP contribution in [0.5, 0.6) is 0 Å². The fourth-order valence-electron chi connectivity index (χ4n) is 1.56. The number of carbonyl (C=O) groups excluding carboxylic acids is 1. The molecular weight excluding hydrogens is 332 g/mol. The average molecular weight is 355 g/mol. The van der Waals surface area contributed by atoms with Crippen LogP contribution < -0.4 is 10.6 Å². The summed E-state index contributed by atoms with van der Waals surface area (Å²) in [5.74, 6) is 0. The zero-order valence-corrected chi connectivity index (χ0v) is 14.0. The first-order chi connectivity index (χ1) is 10.2. The van der Waals surface area contributed by atoms with Crippen LogP contribution in [0.3, 0.4) is 0 Å². The quantitative estimate of drug-likeness (QED) is 0.660. The number of unbranched alkanes of at least 4 members (excludes halogenated alkanes) is 1. The molecule has 0 aliphatic heterocycles. The Labute approximate surface area is 135 Å². The van der Waals surface area contributed by atoms with Crippen molar-refractivity contribution < 1.29 is 9.53 Å². The molecular formula is C16H23BrN2O2. The molecule has 0 aromatic heterocycles. The van der Waals surface area contributed by atoms with E-state index in [2.05, 4.69) is 33.5 Å². The highest BCUT2D eigenvalue weighted by Crippen LogP contribution is 2.11. The largest absolute Gasteiger partial charge is 0.381 e. The lowest BCUT2D eigenvalue weighted by Gasteiger charge is -2.05. The summed E-state index contributed by atoms with van der Waals surface area (Å²) in [5.41, 5.74) is 1.03. The highest BCUT2D eigenvalue weighted by molar-refractivity contribution is 9.10. The van der Waals surface area contributed by atoms with Gasteiger partial charge in [0.15, 0.2) is 0 Å². The van der Waals surface area contributed by atoms with E-state index in [1.54, 1.807) is 6.20 Å². The molecule has 1 aromatic carbocycles. The van der Waals surface area contributed by atoms with Gasteiger partial charge in [0.25, 0.3) is 0 Å². The predicted molar refractivity (Wildman–Crippen MR) is 90.1 cm³/mol. The fraction of sp³-hybridized carbons (Fsp3) is 0.438. The molecule has 2 amide bonds. The minimum Gasteiger partial charge on any atom is -0.381 e. The van der Waals surface area contributed by atoms with Crippen LogP contribution in [0.25, 0.3) is 6.08 Å². The fourth-order valence-corrected chi connectivity index (χ4v) is 1.83. The minimum absolute atomic E-state index is 0.197. The number of benzene rings is 1. The van der Waals surface area contributed by atoms with Crippen molar-refractivity contribution in [2.45, 2.75) is 26.2 Å². The van der Waals surface area contributed by atoms with Crippen LogP contribution in [0, 0.1) is 0 Å². The summed E-state index contributed by atoms with van der Waals surface area (Å²) in [6.07, 6.45) is 6.55. The third-order valence-electron chi connectivity index (χ3n) is 2.75. The maximum Gasteiger partial charge on any atom is 0.318 e. The molecule has 0 aliphatic carbocycles. The topological polar surface area (TPSA) is 50.4 Å². The van der Waals surface area contributed by atoms with E-state index in [9.17, 15) is 4.79 Å². The summed E-state index contributed by atoms with van der Waals surface area (Å²) in [5, 5.41) is 5.45. The van der Waals surface area contributed by atoms with Gasteiger partial charge in [-0.25, -0.2) is 4.79 Å². The first-order valence-electron chi connectivity index (χ1n) is 7.26. The molecule has 0 unspecified atom stereocenters. The van der Waals surface area contributed by atoms with Gasteiger partial charge in [0, 0.05) is 30.4 Å². The van der Waals surface area contributed by atoms with Crippen molar-refractivity contribution in [1.82, 2.24) is 10.6 Å². The van der Waals surface area contributed by atoms with Gasteiger partial charge in [-0.3, -0.25) is 0 Å². The lowest BCUT2D eigenvalue weighted by Crippen LogP contribution is -2.33. The van der Waals surface area contributed by atoms with Gasteiger partial charge in [-0.15, -0.1) is 0 Å². The molecule has 21 heavy (non-hydrogen) atoms. The zero-order valence-electron chi connectivity index (χ0n) is 12.4. The number of ether oxygens (including phenoxy) is 1. The van der Waals surface area contributed by atoms with E-state index in [0.29, 0.717) is 13.2 Å². The van der Waals surface area contributed by atoms with Crippen molar-refractivity contribution >= 4 is 28.0 Å². The molecule has 2 N–H and O–H groups in total. The highest BCUT2D eigenvalue weighted by atomic mass is 79.9. The first-order valence-corrected chi connectivity index (χ1v) is 8.06. The van der Waals surface area contributed by atoms with E-state index in [1.807, 2.05) is 30.3 Å². The van der Waals surface area contributed by atoms with Gasteiger partial charge in [-0.2, -0.15) is 0 Å². The minimum atomic E-state index is -0.197. The van der Waals surface area contributed by atoms with Gasteiger partial charge in [0.05, 0.1) is 0 Å². The summed E-state index contributed by atoms with van der Waals surface area (Å²) in [7, 11) is 0. The molecule has 0 saturated heterocycles. The van der Waals surface area contributed by atoms with Crippen LogP contribution in [0.2, 0.25) is 0 Å². The van der Waals surface area contributed by atoms with Gasteiger partial charge in [-0.05, 0) is 36.6 Å². The van der Waals surface area contributed by atoms with Crippen molar-refractivity contribution in [3.05, 3.63) is 40.5 Å². The third kappa shape index (κ3) is 9.26. The normalized spacial score (nSPS) is 10.8. The van der Waals surface area contributed by atoms with Crippen molar-refractivity contribution in [3.63, 3.8) is 0 Å². The van der Waals surface area contributed by atoms with E-state index in [1.165, 1.54) is 0 Å². The number of carbonyl (C=O) groups is 1. The van der Waals surface area contributed by atoms with Crippen molar-refractivity contribution in [3.8, 4) is 0 Å². The monoisotopic (exact) mass is 354 g/mol. The smallest absolute Gasteiger partial charge is 0.318 e. The van der Waals surface area contributed by atoms with Gasteiger partial charge < -0.3 is 15.4 Å². The number of amides is 2. The molecule has 116 valence electrons. The second kappa shape index (κ2) is 11.3. The van der Waals surface area contributed by atoms with E-state index < -0.39 is 0 Å². The van der Waals surface area contributed by atoms with E-state index in [4.69, 9.17) is 4.74 Å². The van der Waals surface area contributed by atoms with Crippen LogP contribution >= 0.6 is 15.9 Å². The second-order valence-corrected chi connectivity index (χ2v) is 5.52. The average Bonchev–Trinajstić information content (AvgIpc) is 2.48. The zero-order chi connectivity index (χ0) is 15.3. The molecule has 0 aliphatic rings. The lowest BCUT2D eigenvalue weighted by molar-refractivity contribution is 0.129. The summed E-state index contributed by atoms with van der Waals surface area (Å²) >= 11 is 3.38. The molecule has 0 heterocycles. The molecule has 0 saturated carbocycles. The molecule has 0 radical (unpaired) electrons. The third-order valence-corrected chi connectivity index (χ3v) is 3.28. The highest BCUT2D eigenvalue weighted by Gasteiger charge is 1.96. The van der Waals surface area contributed by atoms with Gasteiger partial charge in [0.2, 0.25) is 0 Å². The Morgan fingerprint density at radius 2 is 1.95 bits per heavy atom. The van der Waals surface area contributed by atoms with Crippen LogP contribution in [-0.4, -0.2) is 25.8 Å². The molecule has 1 rings (SSSR count).